The van der Waals surface area contributed by atoms with Crippen molar-refractivity contribution < 1.29 is 24.2 Å². The lowest BCUT2D eigenvalue weighted by Gasteiger charge is -2.35. The maximum atomic E-state index is 13.7. The summed E-state index contributed by atoms with van der Waals surface area (Å²) in [6.07, 6.45) is 3.76. The van der Waals surface area contributed by atoms with Gasteiger partial charge in [-0.25, -0.2) is 4.79 Å². The summed E-state index contributed by atoms with van der Waals surface area (Å²) in [4.78, 5) is 47.8. The lowest BCUT2D eigenvalue weighted by atomic mass is 9.99. The van der Waals surface area contributed by atoms with Crippen LogP contribution in [0.5, 0.6) is 5.75 Å². The van der Waals surface area contributed by atoms with Gasteiger partial charge in [-0.1, -0.05) is 47.5 Å². The number of likely N-dealkylation sites (tertiary alicyclic amines) is 1. The van der Waals surface area contributed by atoms with Crippen LogP contribution in [0.3, 0.4) is 0 Å². The van der Waals surface area contributed by atoms with E-state index in [4.69, 9.17) is 27.9 Å². The molecular formula is C29H28Cl2N4O5. The monoisotopic (exact) mass is 582 g/mol. The van der Waals surface area contributed by atoms with Crippen molar-refractivity contribution in [3.8, 4) is 17.0 Å². The second-order valence-electron chi connectivity index (χ2n) is 9.86. The SMILES string of the molecule is CN(C(=O)CN1C(=O)COc2cc(Cl)c(Cl)cc21)C(CN1CCCC1)c1ccc(-c2ncccc2C(=O)O)cc1. The molecule has 5 rings (SSSR count). The van der Waals surface area contributed by atoms with E-state index in [-0.39, 0.29) is 41.6 Å². The lowest BCUT2D eigenvalue weighted by Crippen LogP contribution is -2.47. The Hall–Kier alpha value is -3.66. The van der Waals surface area contributed by atoms with Gasteiger partial charge in [0.15, 0.2) is 6.61 Å². The van der Waals surface area contributed by atoms with Gasteiger partial charge in [-0.2, -0.15) is 0 Å². The molecule has 1 atom stereocenters. The molecule has 2 aliphatic rings. The third-order valence-corrected chi connectivity index (χ3v) is 8.06. The molecule has 1 aromatic heterocycles. The molecule has 3 heterocycles. The topological polar surface area (TPSA) is 103 Å². The van der Waals surface area contributed by atoms with Crippen molar-refractivity contribution in [2.24, 2.45) is 0 Å². The summed E-state index contributed by atoms with van der Waals surface area (Å²) in [5, 5.41) is 10.1. The number of carboxylic acid groups (broad SMARTS) is 1. The second kappa shape index (κ2) is 11.8. The van der Waals surface area contributed by atoms with Crippen LogP contribution in [0.1, 0.15) is 34.8 Å². The van der Waals surface area contributed by atoms with Gasteiger partial charge < -0.3 is 19.6 Å². The van der Waals surface area contributed by atoms with Gasteiger partial charge in [-0.3, -0.25) is 19.5 Å². The van der Waals surface area contributed by atoms with Gasteiger partial charge in [-0.15, -0.1) is 0 Å². The third kappa shape index (κ3) is 5.77. The van der Waals surface area contributed by atoms with Crippen molar-refractivity contribution in [2.45, 2.75) is 18.9 Å². The van der Waals surface area contributed by atoms with Crippen LogP contribution in [0.4, 0.5) is 5.69 Å². The number of anilines is 1. The van der Waals surface area contributed by atoms with Gasteiger partial charge in [0, 0.05) is 31.4 Å². The first-order valence-corrected chi connectivity index (χ1v) is 13.7. The first kappa shape index (κ1) is 27.9. The zero-order valence-corrected chi connectivity index (χ0v) is 23.4. The predicted octanol–water partition coefficient (Wildman–Crippen LogP) is 4.77. The summed E-state index contributed by atoms with van der Waals surface area (Å²) in [5.74, 6) is -1.26. The second-order valence-corrected chi connectivity index (χ2v) is 10.7. The lowest BCUT2D eigenvalue weighted by molar-refractivity contribution is -0.133. The van der Waals surface area contributed by atoms with E-state index in [0.717, 1.165) is 31.5 Å². The highest BCUT2D eigenvalue weighted by atomic mass is 35.5. The smallest absolute Gasteiger partial charge is 0.337 e. The molecule has 0 spiro atoms. The van der Waals surface area contributed by atoms with Gasteiger partial charge in [-0.05, 0) is 49.7 Å². The van der Waals surface area contributed by atoms with Gasteiger partial charge >= 0.3 is 5.97 Å². The average Bonchev–Trinajstić information content (AvgIpc) is 3.47. The van der Waals surface area contributed by atoms with Crippen molar-refractivity contribution in [1.29, 1.82) is 0 Å². The number of rotatable bonds is 8. The summed E-state index contributed by atoms with van der Waals surface area (Å²) in [5.41, 5.74) is 2.46. The van der Waals surface area contributed by atoms with Crippen molar-refractivity contribution in [1.82, 2.24) is 14.8 Å². The molecule has 0 aliphatic carbocycles. The van der Waals surface area contributed by atoms with Crippen LogP contribution >= 0.6 is 23.2 Å². The highest BCUT2D eigenvalue weighted by Crippen LogP contribution is 2.39. The van der Waals surface area contributed by atoms with Crippen molar-refractivity contribution >= 4 is 46.7 Å². The van der Waals surface area contributed by atoms with Crippen LogP contribution in [-0.2, 0) is 9.59 Å². The summed E-state index contributed by atoms with van der Waals surface area (Å²) in [6, 6.07) is 13.3. The first-order chi connectivity index (χ1) is 19.2. The highest BCUT2D eigenvalue weighted by Gasteiger charge is 2.32. The fraction of sp³-hybridized carbons (Fsp3) is 0.310. The van der Waals surface area contributed by atoms with Crippen molar-refractivity contribution in [2.75, 3.05) is 44.7 Å². The molecule has 40 heavy (non-hydrogen) atoms. The van der Waals surface area contributed by atoms with Crippen LogP contribution in [-0.4, -0.2) is 77.5 Å². The van der Waals surface area contributed by atoms with E-state index in [0.29, 0.717) is 34.3 Å². The molecule has 11 heteroatoms. The van der Waals surface area contributed by atoms with E-state index in [1.54, 1.807) is 30.3 Å². The maximum absolute atomic E-state index is 13.7. The molecule has 3 aromatic rings. The zero-order chi connectivity index (χ0) is 28.4. The number of halogens is 2. The molecule has 1 unspecified atom stereocenters. The number of nitrogens with zero attached hydrogens (tertiary/aromatic N) is 4. The molecule has 1 fully saturated rings. The number of aromatic carboxylic acids is 1. The molecule has 1 saturated heterocycles. The van der Waals surface area contributed by atoms with Crippen LogP contribution in [0.15, 0.2) is 54.7 Å². The first-order valence-electron chi connectivity index (χ1n) is 12.9. The number of carbonyl (C=O) groups excluding carboxylic acids is 2. The fourth-order valence-corrected chi connectivity index (χ4v) is 5.43. The van der Waals surface area contributed by atoms with E-state index in [9.17, 15) is 19.5 Å². The highest BCUT2D eigenvalue weighted by molar-refractivity contribution is 6.42. The fourth-order valence-electron chi connectivity index (χ4n) is 5.12. The number of likely N-dealkylation sites (N-methyl/N-ethyl adjacent to an activating group) is 1. The Morgan fingerprint density at radius 1 is 1.10 bits per heavy atom. The van der Waals surface area contributed by atoms with Crippen LogP contribution in [0.2, 0.25) is 10.0 Å². The Morgan fingerprint density at radius 2 is 1.80 bits per heavy atom. The molecule has 2 aliphatic heterocycles. The molecule has 0 bridgehead atoms. The number of amides is 2. The standard InChI is InChI=1S/C29H28Cl2N4O5/c1-33(26(36)16-35-23-13-21(30)22(31)14-25(23)40-17-27(35)37)24(15-34-11-2-3-12-34)18-6-8-19(9-7-18)28-20(29(38)39)5-4-10-32-28/h4-10,13-14,24H,2-3,11-12,15-17H2,1H3,(H,38,39). The third-order valence-electron chi connectivity index (χ3n) is 7.34. The van der Waals surface area contributed by atoms with Crippen molar-refractivity contribution in [3.05, 3.63) is 75.9 Å². The van der Waals surface area contributed by atoms with Gasteiger partial charge in [0.05, 0.1) is 33.0 Å². The Labute approximate surface area is 241 Å². The number of carbonyl (C=O) groups is 3. The van der Waals surface area contributed by atoms with Crippen LogP contribution in [0.25, 0.3) is 11.3 Å². The summed E-state index contributed by atoms with van der Waals surface area (Å²) in [6.45, 7) is 2.13. The van der Waals surface area contributed by atoms with E-state index in [1.807, 2.05) is 24.3 Å². The predicted molar refractivity (Wildman–Crippen MR) is 152 cm³/mol. The average molecular weight is 583 g/mol. The molecule has 208 valence electrons. The number of aromatic nitrogens is 1. The number of hydrogen-bond donors (Lipinski definition) is 1. The molecule has 1 N–H and O–H groups in total. The molecular weight excluding hydrogens is 555 g/mol. The molecule has 0 saturated carbocycles. The zero-order valence-electron chi connectivity index (χ0n) is 21.8. The number of fused-ring (bicyclic) bond motifs is 1. The molecule has 9 nitrogen and oxygen atoms in total. The van der Waals surface area contributed by atoms with Crippen LogP contribution in [0, 0.1) is 0 Å². The largest absolute Gasteiger partial charge is 0.482 e. The Bertz CT molecular complexity index is 1440. The van der Waals surface area contributed by atoms with E-state index >= 15 is 0 Å². The minimum atomic E-state index is -1.05. The summed E-state index contributed by atoms with van der Waals surface area (Å²) in [7, 11) is 1.74. The molecule has 0 radical (unpaired) electrons. The number of pyridine rings is 1. The number of benzene rings is 2. The van der Waals surface area contributed by atoms with Gasteiger partial charge in [0.25, 0.3) is 5.91 Å². The van der Waals surface area contributed by atoms with Crippen LogP contribution < -0.4 is 9.64 Å². The minimum Gasteiger partial charge on any atom is -0.482 e. The van der Waals surface area contributed by atoms with E-state index in [2.05, 4.69) is 9.88 Å². The quantitative estimate of drug-likeness (QED) is 0.408. The number of ether oxygens (including phenoxy) is 1. The normalized spacial score (nSPS) is 15.9. The van der Waals surface area contributed by atoms with E-state index < -0.39 is 5.97 Å². The van der Waals surface area contributed by atoms with E-state index in [1.165, 1.54) is 17.0 Å². The van der Waals surface area contributed by atoms with Gasteiger partial charge in [0.1, 0.15) is 12.3 Å². The Kier molecular flexibility index (Phi) is 8.25. The molecule has 2 aromatic carbocycles. The number of carboxylic acids is 1. The Morgan fingerprint density at radius 3 is 2.50 bits per heavy atom. The Balaban J connectivity index is 1.41. The minimum absolute atomic E-state index is 0.119. The summed E-state index contributed by atoms with van der Waals surface area (Å²) >= 11 is 12.3. The maximum Gasteiger partial charge on any atom is 0.337 e. The molecule has 2 amide bonds. The number of hydrogen-bond acceptors (Lipinski definition) is 6. The van der Waals surface area contributed by atoms with Gasteiger partial charge in [0.2, 0.25) is 5.91 Å². The van der Waals surface area contributed by atoms with Crippen molar-refractivity contribution in [3.63, 3.8) is 0 Å². The summed E-state index contributed by atoms with van der Waals surface area (Å²) < 4.78 is 5.51.